The Morgan fingerprint density at radius 1 is 1.56 bits per heavy atom. The van der Waals surface area contributed by atoms with Crippen LogP contribution in [-0.4, -0.2) is 17.4 Å². The average Bonchev–Trinajstić information content (AvgIpc) is 2.14. The first kappa shape index (κ1) is 13.5. The molecule has 2 nitrogen and oxygen atoms in total. The van der Waals surface area contributed by atoms with E-state index in [0.29, 0.717) is 5.03 Å². The van der Waals surface area contributed by atoms with Crippen molar-refractivity contribution in [3.63, 3.8) is 0 Å². The zero-order valence-corrected chi connectivity index (χ0v) is 11.1. The van der Waals surface area contributed by atoms with Crippen LogP contribution in [-0.2, 0) is 4.79 Å². The largest absolute Gasteiger partial charge is 0.303 e. The van der Waals surface area contributed by atoms with Crippen molar-refractivity contribution in [1.29, 1.82) is 0 Å². The lowest BCUT2D eigenvalue weighted by Crippen LogP contribution is -2.47. The third kappa shape index (κ3) is 4.11. The standard InChI is InChI=1S/C13H20ClNO/c1-9(15-13(2,3)4)12(16)10-6-5-7-11(14)8-10/h5,7-10,15H,6H2,1-4H3/t9-,10-/m1/s1. The number of carbonyl (C=O) groups is 1. The van der Waals surface area contributed by atoms with Gasteiger partial charge >= 0.3 is 0 Å². The molecule has 2 atom stereocenters. The molecule has 0 amide bonds. The highest BCUT2D eigenvalue weighted by molar-refractivity contribution is 6.31. The van der Waals surface area contributed by atoms with Gasteiger partial charge in [-0.05, 0) is 40.2 Å². The van der Waals surface area contributed by atoms with Gasteiger partial charge in [0.2, 0.25) is 0 Å². The summed E-state index contributed by atoms with van der Waals surface area (Å²) in [6.45, 7) is 8.08. The lowest BCUT2D eigenvalue weighted by Gasteiger charge is -2.27. The van der Waals surface area contributed by atoms with Crippen LogP contribution in [0.4, 0.5) is 0 Å². The van der Waals surface area contributed by atoms with E-state index >= 15 is 0 Å². The van der Waals surface area contributed by atoms with Crippen LogP contribution in [0.1, 0.15) is 34.1 Å². The van der Waals surface area contributed by atoms with Crippen LogP contribution in [0, 0.1) is 5.92 Å². The number of halogens is 1. The molecule has 0 aromatic rings. The smallest absolute Gasteiger partial charge is 0.156 e. The van der Waals surface area contributed by atoms with Crippen molar-refractivity contribution in [3.8, 4) is 0 Å². The van der Waals surface area contributed by atoms with Crippen molar-refractivity contribution in [3.05, 3.63) is 23.3 Å². The molecule has 0 heterocycles. The Morgan fingerprint density at radius 3 is 2.69 bits per heavy atom. The first-order chi connectivity index (χ1) is 7.29. The quantitative estimate of drug-likeness (QED) is 0.823. The third-order valence-corrected chi connectivity index (χ3v) is 2.72. The summed E-state index contributed by atoms with van der Waals surface area (Å²) in [5.41, 5.74) is -0.0485. The van der Waals surface area contributed by atoms with Crippen molar-refractivity contribution >= 4 is 17.4 Å². The van der Waals surface area contributed by atoms with Gasteiger partial charge in [0.05, 0.1) is 6.04 Å². The van der Waals surface area contributed by atoms with Crippen molar-refractivity contribution in [1.82, 2.24) is 5.32 Å². The Balaban J connectivity index is 2.61. The maximum absolute atomic E-state index is 12.1. The molecular formula is C13H20ClNO. The van der Waals surface area contributed by atoms with Gasteiger partial charge in [0.1, 0.15) is 0 Å². The van der Waals surface area contributed by atoms with Crippen LogP contribution in [0.15, 0.2) is 23.3 Å². The SMILES string of the molecule is C[C@@H](NC(C)(C)C)C(=O)[C@H]1C=C(Cl)C=CC1. The maximum atomic E-state index is 12.1. The summed E-state index contributed by atoms with van der Waals surface area (Å²) in [5, 5.41) is 3.94. The molecule has 1 aliphatic carbocycles. The van der Waals surface area contributed by atoms with E-state index in [1.165, 1.54) is 0 Å². The molecule has 0 radical (unpaired) electrons. The molecule has 16 heavy (non-hydrogen) atoms. The predicted molar refractivity (Wildman–Crippen MR) is 68.5 cm³/mol. The number of ketones is 1. The van der Waals surface area contributed by atoms with E-state index in [1.54, 1.807) is 0 Å². The van der Waals surface area contributed by atoms with Gasteiger partial charge in [0.15, 0.2) is 5.78 Å². The zero-order valence-electron chi connectivity index (χ0n) is 10.4. The fourth-order valence-corrected chi connectivity index (χ4v) is 2.12. The number of rotatable bonds is 3. The molecule has 0 aliphatic heterocycles. The zero-order chi connectivity index (χ0) is 12.3. The molecule has 90 valence electrons. The summed E-state index contributed by atoms with van der Waals surface area (Å²) < 4.78 is 0. The minimum Gasteiger partial charge on any atom is -0.303 e. The average molecular weight is 242 g/mol. The van der Waals surface area contributed by atoms with E-state index in [-0.39, 0.29) is 23.3 Å². The number of hydrogen-bond donors (Lipinski definition) is 1. The second-order valence-electron chi connectivity index (χ2n) is 5.31. The van der Waals surface area contributed by atoms with E-state index in [1.807, 2.05) is 25.2 Å². The van der Waals surface area contributed by atoms with Crippen LogP contribution in [0.2, 0.25) is 0 Å². The molecule has 0 saturated carbocycles. The molecule has 1 N–H and O–H groups in total. The van der Waals surface area contributed by atoms with E-state index in [2.05, 4.69) is 26.1 Å². The Bertz CT molecular complexity index is 325. The molecule has 0 saturated heterocycles. The topological polar surface area (TPSA) is 29.1 Å². The number of nitrogens with one attached hydrogen (secondary N) is 1. The molecule has 1 aliphatic rings. The predicted octanol–water partition coefficient (Wildman–Crippen LogP) is 3.03. The normalized spacial score (nSPS) is 22.8. The number of Topliss-reactive ketones (excluding diaryl/α,β-unsaturated/α-hetero) is 1. The highest BCUT2D eigenvalue weighted by Crippen LogP contribution is 2.21. The second-order valence-corrected chi connectivity index (χ2v) is 5.75. The summed E-state index contributed by atoms with van der Waals surface area (Å²) in [6, 6.07) is -0.141. The van der Waals surface area contributed by atoms with E-state index in [9.17, 15) is 4.79 Å². The van der Waals surface area contributed by atoms with E-state index in [4.69, 9.17) is 11.6 Å². The van der Waals surface area contributed by atoms with E-state index in [0.717, 1.165) is 6.42 Å². The monoisotopic (exact) mass is 241 g/mol. The summed E-state index contributed by atoms with van der Waals surface area (Å²) in [6.07, 6.45) is 6.39. The van der Waals surface area contributed by atoms with Gasteiger partial charge in [-0.25, -0.2) is 0 Å². The summed E-state index contributed by atoms with van der Waals surface area (Å²) in [5.74, 6) is 0.125. The summed E-state index contributed by atoms with van der Waals surface area (Å²) >= 11 is 5.89. The molecule has 0 fully saturated rings. The van der Waals surface area contributed by atoms with Gasteiger partial charge in [0, 0.05) is 16.5 Å². The lowest BCUT2D eigenvalue weighted by atomic mass is 9.91. The van der Waals surface area contributed by atoms with Gasteiger partial charge in [0.25, 0.3) is 0 Å². The third-order valence-electron chi connectivity index (χ3n) is 2.47. The van der Waals surface area contributed by atoms with Gasteiger partial charge in [-0.2, -0.15) is 0 Å². The fraction of sp³-hybridized carbons (Fsp3) is 0.615. The molecule has 0 bridgehead atoms. The summed E-state index contributed by atoms with van der Waals surface area (Å²) in [4.78, 5) is 12.1. The Morgan fingerprint density at radius 2 is 2.19 bits per heavy atom. The van der Waals surface area contributed by atoms with Crippen molar-refractivity contribution in [2.45, 2.75) is 45.7 Å². The molecule has 0 aromatic heterocycles. The Kier molecular flexibility index (Phi) is 4.34. The second kappa shape index (κ2) is 5.15. The van der Waals surface area contributed by atoms with Gasteiger partial charge in [-0.15, -0.1) is 0 Å². The van der Waals surface area contributed by atoms with Crippen LogP contribution < -0.4 is 5.32 Å². The van der Waals surface area contributed by atoms with E-state index < -0.39 is 0 Å². The minimum absolute atomic E-state index is 0.0485. The first-order valence-electron chi connectivity index (χ1n) is 5.65. The maximum Gasteiger partial charge on any atom is 0.156 e. The van der Waals surface area contributed by atoms with Gasteiger partial charge in [-0.1, -0.05) is 23.8 Å². The summed E-state index contributed by atoms with van der Waals surface area (Å²) in [7, 11) is 0. The molecular weight excluding hydrogens is 222 g/mol. The van der Waals surface area contributed by atoms with Gasteiger partial charge < -0.3 is 5.32 Å². The van der Waals surface area contributed by atoms with Crippen LogP contribution >= 0.6 is 11.6 Å². The molecule has 0 unspecified atom stereocenters. The number of carbonyl (C=O) groups excluding carboxylic acids is 1. The lowest BCUT2D eigenvalue weighted by molar-refractivity contribution is -0.123. The fourth-order valence-electron chi connectivity index (χ4n) is 1.88. The van der Waals surface area contributed by atoms with Crippen molar-refractivity contribution in [2.24, 2.45) is 5.92 Å². The number of hydrogen-bond acceptors (Lipinski definition) is 2. The first-order valence-corrected chi connectivity index (χ1v) is 6.02. The van der Waals surface area contributed by atoms with Crippen LogP contribution in [0.5, 0.6) is 0 Å². The van der Waals surface area contributed by atoms with Crippen LogP contribution in [0.3, 0.4) is 0 Å². The number of allylic oxidation sites excluding steroid dienone is 4. The molecule has 0 aromatic carbocycles. The van der Waals surface area contributed by atoms with Gasteiger partial charge in [-0.3, -0.25) is 4.79 Å². The Labute approximate surface area is 103 Å². The van der Waals surface area contributed by atoms with Crippen LogP contribution in [0.25, 0.3) is 0 Å². The Hall–Kier alpha value is -0.600. The van der Waals surface area contributed by atoms with Crippen molar-refractivity contribution < 1.29 is 4.79 Å². The highest BCUT2D eigenvalue weighted by atomic mass is 35.5. The highest BCUT2D eigenvalue weighted by Gasteiger charge is 2.25. The molecule has 3 heteroatoms. The molecule has 1 rings (SSSR count). The minimum atomic E-state index is -0.141. The molecule has 0 spiro atoms. The van der Waals surface area contributed by atoms with Crippen molar-refractivity contribution in [2.75, 3.05) is 0 Å².